The highest BCUT2D eigenvalue weighted by Crippen LogP contribution is 2.28. The molecule has 0 aromatic heterocycles. The standard InChI is InChI=1S/C9H6BrF2NO/c10-8-3-6(4-13-5-14)1-2-7(8)9(11)12/h1-3,9H,4H2. The Morgan fingerprint density at radius 1 is 1.50 bits per heavy atom. The summed E-state index contributed by atoms with van der Waals surface area (Å²) >= 11 is 3.02. The van der Waals surface area contributed by atoms with Crippen LogP contribution in [0.2, 0.25) is 0 Å². The quantitative estimate of drug-likeness (QED) is 0.607. The summed E-state index contributed by atoms with van der Waals surface area (Å²) in [5, 5.41) is 0. The number of isocyanates is 1. The molecule has 1 aromatic carbocycles. The van der Waals surface area contributed by atoms with E-state index in [1.165, 1.54) is 24.3 Å². The average Bonchev–Trinajstić information content (AvgIpc) is 2.14. The van der Waals surface area contributed by atoms with Crippen LogP contribution in [0, 0.1) is 0 Å². The number of aliphatic imine (C=N–C) groups is 1. The average molecular weight is 262 g/mol. The maximum atomic E-state index is 12.3. The number of hydrogen-bond acceptors (Lipinski definition) is 2. The maximum absolute atomic E-state index is 12.3. The molecular formula is C9H6BrF2NO. The van der Waals surface area contributed by atoms with E-state index < -0.39 is 6.43 Å². The molecule has 0 spiro atoms. The summed E-state index contributed by atoms with van der Waals surface area (Å²) in [6.07, 6.45) is -1.12. The molecule has 14 heavy (non-hydrogen) atoms. The second kappa shape index (κ2) is 4.98. The van der Waals surface area contributed by atoms with Crippen LogP contribution in [-0.2, 0) is 11.3 Å². The van der Waals surface area contributed by atoms with E-state index in [9.17, 15) is 13.6 Å². The van der Waals surface area contributed by atoms with Crippen LogP contribution >= 0.6 is 15.9 Å². The van der Waals surface area contributed by atoms with Crippen molar-refractivity contribution in [1.29, 1.82) is 0 Å². The van der Waals surface area contributed by atoms with Crippen molar-refractivity contribution in [1.82, 2.24) is 0 Å². The van der Waals surface area contributed by atoms with E-state index in [1.54, 1.807) is 0 Å². The van der Waals surface area contributed by atoms with Crippen LogP contribution in [0.15, 0.2) is 27.7 Å². The normalized spacial score (nSPS) is 10.0. The summed E-state index contributed by atoms with van der Waals surface area (Å²) in [6, 6.07) is 4.33. The predicted molar refractivity (Wildman–Crippen MR) is 50.9 cm³/mol. The molecular weight excluding hydrogens is 256 g/mol. The van der Waals surface area contributed by atoms with Crippen molar-refractivity contribution in [3.05, 3.63) is 33.8 Å². The third-order valence-corrected chi connectivity index (χ3v) is 2.31. The fourth-order valence-corrected chi connectivity index (χ4v) is 1.57. The molecule has 0 N–H and O–H groups in total. The van der Waals surface area contributed by atoms with Crippen molar-refractivity contribution in [2.45, 2.75) is 13.0 Å². The van der Waals surface area contributed by atoms with E-state index in [0.29, 0.717) is 10.0 Å². The van der Waals surface area contributed by atoms with Crippen LogP contribution in [-0.4, -0.2) is 6.08 Å². The van der Waals surface area contributed by atoms with Crippen LogP contribution in [0.3, 0.4) is 0 Å². The molecule has 0 fully saturated rings. The maximum Gasteiger partial charge on any atom is 0.264 e. The van der Waals surface area contributed by atoms with Gasteiger partial charge < -0.3 is 0 Å². The number of nitrogens with zero attached hydrogens (tertiary/aromatic N) is 1. The lowest BCUT2D eigenvalue weighted by atomic mass is 10.1. The van der Waals surface area contributed by atoms with Gasteiger partial charge in [-0.1, -0.05) is 28.1 Å². The monoisotopic (exact) mass is 261 g/mol. The van der Waals surface area contributed by atoms with Gasteiger partial charge in [0.15, 0.2) is 0 Å². The fraction of sp³-hybridized carbons (Fsp3) is 0.222. The lowest BCUT2D eigenvalue weighted by molar-refractivity contribution is 0.150. The number of halogens is 3. The minimum Gasteiger partial charge on any atom is -0.211 e. The third-order valence-electron chi connectivity index (χ3n) is 1.63. The van der Waals surface area contributed by atoms with Gasteiger partial charge in [0.2, 0.25) is 6.08 Å². The number of benzene rings is 1. The van der Waals surface area contributed by atoms with E-state index in [1.807, 2.05) is 0 Å². The van der Waals surface area contributed by atoms with Gasteiger partial charge in [-0.05, 0) is 11.6 Å². The topological polar surface area (TPSA) is 29.4 Å². The van der Waals surface area contributed by atoms with Crippen molar-refractivity contribution >= 4 is 22.0 Å². The van der Waals surface area contributed by atoms with Crippen LogP contribution < -0.4 is 0 Å². The molecule has 0 heterocycles. The smallest absolute Gasteiger partial charge is 0.211 e. The Kier molecular flexibility index (Phi) is 3.92. The lowest BCUT2D eigenvalue weighted by Crippen LogP contribution is -1.89. The summed E-state index contributed by atoms with van der Waals surface area (Å²) in [7, 11) is 0. The van der Waals surface area contributed by atoms with Gasteiger partial charge in [0, 0.05) is 10.0 Å². The zero-order valence-electron chi connectivity index (χ0n) is 7.01. The van der Waals surface area contributed by atoms with Crippen LogP contribution in [0.1, 0.15) is 17.6 Å². The van der Waals surface area contributed by atoms with E-state index in [-0.39, 0.29) is 12.1 Å². The zero-order valence-corrected chi connectivity index (χ0v) is 8.59. The van der Waals surface area contributed by atoms with Gasteiger partial charge in [0.1, 0.15) is 0 Å². The Morgan fingerprint density at radius 3 is 2.71 bits per heavy atom. The SMILES string of the molecule is O=C=NCc1ccc(C(F)F)c(Br)c1. The molecule has 0 amide bonds. The molecule has 2 nitrogen and oxygen atoms in total. The lowest BCUT2D eigenvalue weighted by Gasteiger charge is -2.04. The van der Waals surface area contributed by atoms with Gasteiger partial charge in [0.25, 0.3) is 6.43 Å². The Hall–Kier alpha value is -1.06. The first-order valence-electron chi connectivity index (χ1n) is 3.75. The molecule has 0 saturated carbocycles. The Morgan fingerprint density at radius 2 is 2.21 bits per heavy atom. The molecule has 74 valence electrons. The highest BCUT2D eigenvalue weighted by atomic mass is 79.9. The summed E-state index contributed by atoms with van der Waals surface area (Å²) in [4.78, 5) is 13.2. The van der Waals surface area contributed by atoms with Crippen LogP contribution in [0.4, 0.5) is 8.78 Å². The molecule has 0 aliphatic carbocycles. The number of carbonyl (C=O) groups excluding carboxylic acids is 1. The molecule has 0 atom stereocenters. The van der Waals surface area contributed by atoms with Crippen molar-refractivity contribution in [2.75, 3.05) is 0 Å². The van der Waals surface area contributed by atoms with E-state index in [2.05, 4.69) is 20.9 Å². The Bertz CT molecular complexity index is 375. The Balaban J connectivity index is 2.94. The van der Waals surface area contributed by atoms with Gasteiger partial charge in [-0.15, -0.1) is 0 Å². The molecule has 0 radical (unpaired) electrons. The van der Waals surface area contributed by atoms with Crippen molar-refractivity contribution in [3.8, 4) is 0 Å². The summed E-state index contributed by atoms with van der Waals surface area (Å²) in [5.41, 5.74) is 0.619. The molecule has 0 saturated heterocycles. The molecule has 1 rings (SSSR count). The Labute approximate surface area is 87.8 Å². The first-order chi connectivity index (χ1) is 6.65. The van der Waals surface area contributed by atoms with Crippen molar-refractivity contribution in [3.63, 3.8) is 0 Å². The van der Waals surface area contributed by atoms with Gasteiger partial charge in [-0.25, -0.2) is 18.6 Å². The predicted octanol–water partition coefficient (Wildman–Crippen LogP) is 3.22. The van der Waals surface area contributed by atoms with E-state index in [0.717, 1.165) is 0 Å². The molecule has 5 heteroatoms. The highest BCUT2D eigenvalue weighted by Gasteiger charge is 2.11. The van der Waals surface area contributed by atoms with E-state index in [4.69, 9.17) is 0 Å². The number of alkyl halides is 2. The highest BCUT2D eigenvalue weighted by molar-refractivity contribution is 9.10. The molecule has 0 aliphatic heterocycles. The zero-order chi connectivity index (χ0) is 10.6. The number of hydrogen-bond donors (Lipinski definition) is 0. The van der Waals surface area contributed by atoms with Crippen LogP contribution in [0.25, 0.3) is 0 Å². The molecule has 0 bridgehead atoms. The van der Waals surface area contributed by atoms with Gasteiger partial charge in [0.05, 0.1) is 6.54 Å². The van der Waals surface area contributed by atoms with Crippen molar-refractivity contribution < 1.29 is 13.6 Å². The van der Waals surface area contributed by atoms with E-state index >= 15 is 0 Å². The second-order valence-electron chi connectivity index (χ2n) is 2.56. The summed E-state index contributed by atoms with van der Waals surface area (Å²) in [6.45, 7) is 0.158. The van der Waals surface area contributed by atoms with Gasteiger partial charge in [-0.2, -0.15) is 0 Å². The molecule has 0 unspecified atom stereocenters. The minimum atomic E-state index is -2.51. The first kappa shape index (κ1) is 11.0. The van der Waals surface area contributed by atoms with Crippen molar-refractivity contribution in [2.24, 2.45) is 4.99 Å². The number of rotatable bonds is 3. The summed E-state index contributed by atoms with van der Waals surface area (Å²) in [5.74, 6) is 0. The summed E-state index contributed by atoms with van der Waals surface area (Å²) < 4.78 is 24.9. The largest absolute Gasteiger partial charge is 0.264 e. The van der Waals surface area contributed by atoms with Gasteiger partial charge >= 0.3 is 0 Å². The van der Waals surface area contributed by atoms with Gasteiger partial charge in [-0.3, -0.25) is 0 Å². The third kappa shape index (κ3) is 2.72. The fourth-order valence-electron chi connectivity index (χ4n) is 0.970. The molecule has 1 aromatic rings. The van der Waals surface area contributed by atoms with Crippen LogP contribution in [0.5, 0.6) is 0 Å². The molecule has 0 aliphatic rings. The second-order valence-corrected chi connectivity index (χ2v) is 3.42. The minimum absolute atomic E-state index is 0.0659. The first-order valence-corrected chi connectivity index (χ1v) is 4.54.